The van der Waals surface area contributed by atoms with Crippen molar-refractivity contribution >= 4 is 33.5 Å². The summed E-state index contributed by atoms with van der Waals surface area (Å²) >= 11 is 0. The second kappa shape index (κ2) is 6.54. The molecule has 3 N–H and O–H groups in total. The molecular formula is C20H18F2N6O. The Morgan fingerprint density at radius 1 is 1.28 bits per heavy atom. The molecule has 148 valence electrons. The standard InChI is InChI=1S/C20H18F2N6O/c1-11(24-13-9-20(21,22)10-13)7-16-14-5-4-12(8-17(14)29-28-16)25-19-15-3-2-6-23-18(15)26-27-19/h2-6,8,13,24H,1,7,9-10H2,(H2,23,25,26,27). The van der Waals surface area contributed by atoms with E-state index in [0.29, 0.717) is 34.9 Å². The summed E-state index contributed by atoms with van der Waals surface area (Å²) in [6, 6.07) is 9.19. The van der Waals surface area contributed by atoms with Gasteiger partial charge in [0.1, 0.15) is 0 Å². The number of aromatic nitrogens is 4. The summed E-state index contributed by atoms with van der Waals surface area (Å²) in [5, 5.41) is 19.3. The highest BCUT2D eigenvalue weighted by Gasteiger charge is 2.45. The smallest absolute Gasteiger partial charge is 0.252 e. The van der Waals surface area contributed by atoms with E-state index in [1.165, 1.54) is 0 Å². The van der Waals surface area contributed by atoms with Gasteiger partial charge >= 0.3 is 0 Å². The van der Waals surface area contributed by atoms with E-state index in [2.05, 4.69) is 37.6 Å². The van der Waals surface area contributed by atoms with Crippen molar-refractivity contribution in [3.8, 4) is 0 Å². The summed E-state index contributed by atoms with van der Waals surface area (Å²) in [5.74, 6) is -1.89. The highest BCUT2D eigenvalue weighted by atomic mass is 19.3. The van der Waals surface area contributed by atoms with Crippen molar-refractivity contribution in [3.63, 3.8) is 0 Å². The van der Waals surface area contributed by atoms with E-state index in [0.717, 1.165) is 16.5 Å². The van der Waals surface area contributed by atoms with Crippen LogP contribution in [0.5, 0.6) is 0 Å². The number of aromatic amines is 1. The molecule has 0 saturated heterocycles. The van der Waals surface area contributed by atoms with Crippen LogP contribution in [0.2, 0.25) is 0 Å². The first-order chi connectivity index (χ1) is 14.0. The van der Waals surface area contributed by atoms with Crippen LogP contribution in [0, 0.1) is 0 Å². The van der Waals surface area contributed by atoms with Crippen LogP contribution >= 0.6 is 0 Å². The predicted molar refractivity (Wildman–Crippen MR) is 105 cm³/mol. The number of rotatable bonds is 6. The van der Waals surface area contributed by atoms with Gasteiger partial charge < -0.3 is 15.2 Å². The lowest BCUT2D eigenvalue weighted by atomic mass is 9.88. The zero-order chi connectivity index (χ0) is 20.0. The third kappa shape index (κ3) is 3.39. The number of fused-ring (bicyclic) bond motifs is 2. The van der Waals surface area contributed by atoms with Crippen LogP contribution in [0.1, 0.15) is 18.5 Å². The van der Waals surface area contributed by atoms with E-state index >= 15 is 0 Å². The maximum atomic E-state index is 13.0. The third-order valence-electron chi connectivity index (χ3n) is 5.03. The molecule has 1 aliphatic rings. The Hall–Kier alpha value is -3.49. The Balaban J connectivity index is 1.30. The molecule has 5 rings (SSSR count). The molecule has 1 aromatic carbocycles. The van der Waals surface area contributed by atoms with Crippen LogP contribution in [0.25, 0.3) is 22.0 Å². The van der Waals surface area contributed by atoms with Crippen molar-refractivity contribution in [1.82, 2.24) is 25.7 Å². The molecule has 3 aromatic heterocycles. The van der Waals surface area contributed by atoms with Gasteiger partial charge in [-0.15, -0.1) is 0 Å². The summed E-state index contributed by atoms with van der Waals surface area (Å²) in [6.07, 6.45) is 1.80. The average molecular weight is 396 g/mol. The van der Waals surface area contributed by atoms with Gasteiger partial charge in [0.25, 0.3) is 5.92 Å². The van der Waals surface area contributed by atoms with E-state index in [9.17, 15) is 8.78 Å². The second-order valence-corrected chi connectivity index (χ2v) is 7.32. The Kier molecular flexibility index (Phi) is 3.97. The van der Waals surface area contributed by atoms with Gasteiger partial charge in [-0.2, -0.15) is 5.10 Å². The summed E-state index contributed by atoms with van der Waals surface area (Å²) in [5.41, 5.74) is 3.48. The van der Waals surface area contributed by atoms with Gasteiger partial charge in [0.05, 0.1) is 11.1 Å². The quantitative estimate of drug-likeness (QED) is 0.450. The Bertz CT molecular complexity index is 1210. The Labute approximate surface area is 164 Å². The number of allylic oxidation sites excluding steroid dienone is 1. The predicted octanol–water partition coefficient (Wildman–Crippen LogP) is 4.29. The summed E-state index contributed by atoms with van der Waals surface area (Å²) in [7, 11) is 0. The highest BCUT2D eigenvalue weighted by Crippen LogP contribution is 2.38. The lowest BCUT2D eigenvalue weighted by Gasteiger charge is -2.36. The Morgan fingerprint density at radius 2 is 2.14 bits per heavy atom. The molecule has 0 amide bonds. The van der Waals surface area contributed by atoms with Gasteiger partial charge in [0.15, 0.2) is 17.0 Å². The van der Waals surface area contributed by atoms with E-state index < -0.39 is 5.92 Å². The van der Waals surface area contributed by atoms with Gasteiger partial charge in [0.2, 0.25) is 0 Å². The van der Waals surface area contributed by atoms with E-state index in [-0.39, 0.29) is 18.9 Å². The van der Waals surface area contributed by atoms with Gasteiger partial charge in [-0.25, -0.2) is 13.8 Å². The van der Waals surface area contributed by atoms with Crippen LogP contribution in [0.4, 0.5) is 20.3 Å². The van der Waals surface area contributed by atoms with E-state index in [1.54, 1.807) is 6.20 Å². The first-order valence-corrected chi connectivity index (χ1v) is 9.23. The SMILES string of the molecule is C=C(Cc1noc2cc(Nc3n[nH]c4ncccc34)ccc12)NC1CC(F)(F)C1. The van der Waals surface area contributed by atoms with Gasteiger partial charge in [0, 0.05) is 54.3 Å². The maximum Gasteiger partial charge on any atom is 0.252 e. The molecule has 9 heteroatoms. The molecular weight excluding hydrogens is 378 g/mol. The van der Waals surface area contributed by atoms with Crippen LogP contribution in [-0.4, -0.2) is 32.3 Å². The average Bonchev–Trinajstić information content (AvgIpc) is 3.25. The highest BCUT2D eigenvalue weighted by molar-refractivity contribution is 5.90. The van der Waals surface area contributed by atoms with Crippen molar-refractivity contribution < 1.29 is 13.3 Å². The lowest BCUT2D eigenvalue weighted by Crippen LogP contribution is -2.48. The minimum atomic E-state index is -2.56. The largest absolute Gasteiger partial charge is 0.385 e. The normalized spacial score (nSPS) is 16.1. The number of pyridine rings is 1. The number of H-pyrrole nitrogens is 1. The van der Waals surface area contributed by atoms with Crippen molar-refractivity contribution in [1.29, 1.82) is 0 Å². The fourth-order valence-corrected chi connectivity index (χ4v) is 3.59. The van der Waals surface area contributed by atoms with Crippen molar-refractivity contribution in [2.75, 3.05) is 5.32 Å². The first-order valence-electron chi connectivity index (χ1n) is 9.23. The zero-order valence-electron chi connectivity index (χ0n) is 15.4. The molecule has 0 spiro atoms. The number of hydrogen-bond acceptors (Lipinski definition) is 6. The van der Waals surface area contributed by atoms with Crippen molar-refractivity contribution in [3.05, 3.63) is 54.5 Å². The van der Waals surface area contributed by atoms with Crippen LogP contribution in [-0.2, 0) is 6.42 Å². The molecule has 1 fully saturated rings. The molecule has 7 nitrogen and oxygen atoms in total. The molecule has 0 unspecified atom stereocenters. The monoisotopic (exact) mass is 396 g/mol. The van der Waals surface area contributed by atoms with Gasteiger partial charge in [-0.3, -0.25) is 5.10 Å². The number of benzene rings is 1. The fourth-order valence-electron chi connectivity index (χ4n) is 3.59. The van der Waals surface area contributed by atoms with Crippen LogP contribution < -0.4 is 10.6 Å². The van der Waals surface area contributed by atoms with Crippen molar-refractivity contribution in [2.24, 2.45) is 0 Å². The van der Waals surface area contributed by atoms with Crippen LogP contribution in [0.3, 0.4) is 0 Å². The number of anilines is 2. The number of nitrogens with zero attached hydrogens (tertiary/aromatic N) is 3. The number of hydrogen-bond donors (Lipinski definition) is 3. The molecule has 0 atom stereocenters. The molecule has 0 bridgehead atoms. The molecule has 1 aliphatic carbocycles. The molecule has 4 aromatic rings. The second-order valence-electron chi connectivity index (χ2n) is 7.32. The third-order valence-corrected chi connectivity index (χ3v) is 5.03. The molecule has 3 heterocycles. The molecule has 0 aliphatic heterocycles. The molecule has 1 saturated carbocycles. The first kappa shape index (κ1) is 17.6. The topological polar surface area (TPSA) is 91.7 Å². The summed E-state index contributed by atoms with van der Waals surface area (Å²) in [4.78, 5) is 4.22. The lowest BCUT2D eigenvalue weighted by molar-refractivity contribution is -0.0906. The number of halogens is 2. The minimum Gasteiger partial charge on any atom is -0.385 e. The Morgan fingerprint density at radius 3 is 2.97 bits per heavy atom. The van der Waals surface area contributed by atoms with E-state index in [4.69, 9.17) is 4.52 Å². The van der Waals surface area contributed by atoms with Crippen LogP contribution in [0.15, 0.2) is 53.3 Å². The van der Waals surface area contributed by atoms with E-state index in [1.807, 2.05) is 30.3 Å². The van der Waals surface area contributed by atoms with Crippen molar-refractivity contribution in [2.45, 2.75) is 31.2 Å². The number of nitrogens with one attached hydrogen (secondary N) is 3. The summed E-state index contributed by atoms with van der Waals surface area (Å²) < 4.78 is 31.4. The fraction of sp³-hybridized carbons (Fsp3) is 0.250. The zero-order valence-corrected chi connectivity index (χ0v) is 15.4. The maximum absolute atomic E-state index is 13.0. The van der Waals surface area contributed by atoms with Gasteiger partial charge in [-0.05, 0) is 24.3 Å². The summed E-state index contributed by atoms with van der Waals surface area (Å²) in [6.45, 7) is 3.93. The molecule has 0 radical (unpaired) electrons. The number of alkyl halides is 2. The minimum absolute atomic E-state index is 0.155. The van der Waals surface area contributed by atoms with Gasteiger partial charge in [-0.1, -0.05) is 11.7 Å². The molecule has 29 heavy (non-hydrogen) atoms.